The van der Waals surface area contributed by atoms with Gasteiger partial charge in [-0.1, -0.05) is 23.7 Å². The molecule has 176 valence electrons. The molecule has 0 spiro atoms. The Morgan fingerprint density at radius 2 is 1.62 bits per heavy atom. The third-order valence-corrected chi connectivity index (χ3v) is 6.24. The van der Waals surface area contributed by atoms with E-state index in [1.165, 1.54) is 12.1 Å². The Balaban J connectivity index is 1.73. The van der Waals surface area contributed by atoms with Gasteiger partial charge in [0.15, 0.2) is 0 Å². The summed E-state index contributed by atoms with van der Waals surface area (Å²) in [5.41, 5.74) is 1.76. The molecule has 1 aliphatic heterocycles. The van der Waals surface area contributed by atoms with Crippen molar-refractivity contribution in [3.05, 3.63) is 83.1 Å². The molecule has 2 atom stereocenters. The minimum atomic E-state index is -0.575. The number of nitrogens with zero attached hydrogens (tertiary/aromatic N) is 1. The predicted molar refractivity (Wildman–Crippen MR) is 129 cm³/mol. The maximum Gasteiger partial charge on any atom is 0.229 e. The fraction of sp³-hybridized carbons (Fsp3) is 0.231. The van der Waals surface area contributed by atoms with E-state index in [0.29, 0.717) is 29.3 Å². The fourth-order valence-corrected chi connectivity index (χ4v) is 4.43. The second-order valence-electron chi connectivity index (χ2n) is 7.94. The number of piperidine rings is 1. The number of amides is 2. The van der Waals surface area contributed by atoms with Crippen LogP contribution in [-0.4, -0.2) is 26.0 Å². The third kappa shape index (κ3) is 4.84. The molecule has 3 aromatic rings. The van der Waals surface area contributed by atoms with Crippen molar-refractivity contribution in [1.29, 1.82) is 0 Å². The van der Waals surface area contributed by atoms with E-state index >= 15 is 0 Å². The summed E-state index contributed by atoms with van der Waals surface area (Å²) in [6.45, 7) is 0. The molecule has 34 heavy (non-hydrogen) atoms. The summed E-state index contributed by atoms with van der Waals surface area (Å²) in [5, 5.41) is 2.92. The summed E-state index contributed by atoms with van der Waals surface area (Å²) in [6.07, 6.45) is 0.556. The van der Waals surface area contributed by atoms with Crippen molar-refractivity contribution >= 4 is 34.8 Å². The van der Waals surface area contributed by atoms with Gasteiger partial charge >= 0.3 is 0 Å². The smallest absolute Gasteiger partial charge is 0.229 e. The van der Waals surface area contributed by atoms with Gasteiger partial charge in [-0.3, -0.25) is 9.59 Å². The van der Waals surface area contributed by atoms with Crippen LogP contribution in [0, 0.1) is 11.7 Å². The van der Waals surface area contributed by atoms with Crippen molar-refractivity contribution in [3.8, 4) is 11.5 Å². The zero-order chi connectivity index (χ0) is 24.2. The van der Waals surface area contributed by atoms with Crippen LogP contribution in [0.15, 0.2) is 66.7 Å². The maximum atomic E-state index is 13.5. The molecular weight excluding hydrogens is 459 g/mol. The van der Waals surface area contributed by atoms with Crippen LogP contribution in [0.5, 0.6) is 11.5 Å². The Kier molecular flexibility index (Phi) is 7.03. The van der Waals surface area contributed by atoms with Crippen LogP contribution in [0.4, 0.5) is 15.8 Å². The molecule has 1 saturated heterocycles. The quantitative estimate of drug-likeness (QED) is 0.495. The summed E-state index contributed by atoms with van der Waals surface area (Å²) in [7, 11) is 3.15. The van der Waals surface area contributed by atoms with Crippen molar-refractivity contribution in [2.24, 2.45) is 5.92 Å². The number of rotatable bonds is 6. The molecule has 6 nitrogen and oxygen atoms in total. The zero-order valence-electron chi connectivity index (χ0n) is 18.8. The standard InChI is InChI=1S/C26H24ClFN2O4/c1-33-19-8-3-16(4-9-19)25-21(26(32)29-23-13-5-17(28)15-22(23)27)12-14-24(31)30(25)18-6-10-20(34-2)11-7-18/h3-11,13,15,21,25H,12,14H2,1-2H3,(H,29,32). The lowest BCUT2D eigenvalue weighted by Gasteiger charge is -2.41. The van der Waals surface area contributed by atoms with Gasteiger partial charge in [0, 0.05) is 12.1 Å². The molecule has 3 aromatic carbocycles. The van der Waals surface area contributed by atoms with E-state index < -0.39 is 17.8 Å². The molecular formula is C26H24ClFN2O4. The molecule has 2 amide bonds. The van der Waals surface area contributed by atoms with E-state index in [2.05, 4.69) is 5.32 Å². The number of nitrogens with one attached hydrogen (secondary N) is 1. The van der Waals surface area contributed by atoms with Crippen molar-refractivity contribution in [1.82, 2.24) is 0 Å². The van der Waals surface area contributed by atoms with Gasteiger partial charge in [0.05, 0.1) is 36.9 Å². The van der Waals surface area contributed by atoms with Gasteiger partial charge in [0.25, 0.3) is 0 Å². The number of hydrogen-bond donors (Lipinski definition) is 1. The van der Waals surface area contributed by atoms with E-state index in [1.807, 2.05) is 12.1 Å². The molecule has 1 heterocycles. The number of anilines is 2. The average Bonchev–Trinajstić information content (AvgIpc) is 2.85. The van der Waals surface area contributed by atoms with Gasteiger partial charge in [-0.25, -0.2) is 4.39 Å². The van der Waals surface area contributed by atoms with Crippen LogP contribution in [-0.2, 0) is 9.59 Å². The molecule has 0 saturated carbocycles. The first-order chi connectivity index (χ1) is 16.4. The minimum absolute atomic E-state index is 0.0881. The lowest BCUT2D eigenvalue weighted by atomic mass is 9.83. The van der Waals surface area contributed by atoms with Crippen LogP contribution >= 0.6 is 11.6 Å². The second kappa shape index (κ2) is 10.1. The number of methoxy groups -OCH3 is 2. The van der Waals surface area contributed by atoms with Crippen LogP contribution in [0.25, 0.3) is 0 Å². The molecule has 2 unspecified atom stereocenters. The molecule has 4 rings (SSSR count). The predicted octanol–water partition coefficient (Wildman–Crippen LogP) is 5.62. The molecule has 0 radical (unpaired) electrons. The molecule has 0 aromatic heterocycles. The Bertz CT molecular complexity index is 1180. The van der Waals surface area contributed by atoms with Crippen LogP contribution < -0.4 is 19.7 Å². The summed E-state index contributed by atoms with van der Waals surface area (Å²) < 4.78 is 24.0. The lowest BCUT2D eigenvalue weighted by Crippen LogP contribution is -2.47. The first kappa shape index (κ1) is 23.6. The van der Waals surface area contributed by atoms with Gasteiger partial charge in [-0.15, -0.1) is 0 Å². The highest BCUT2D eigenvalue weighted by molar-refractivity contribution is 6.33. The fourth-order valence-electron chi connectivity index (χ4n) is 4.21. The Morgan fingerprint density at radius 1 is 1.00 bits per heavy atom. The molecule has 1 aliphatic rings. The summed E-state index contributed by atoms with van der Waals surface area (Å²) in [6, 6.07) is 17.7. The average molecular weight is 483 g/mol. The van der Waals surface area contributed by atoms with E-state index in [0.717, 1.165) is 11.6 Å². The van der Waals surface area contributed by atoms with Gasteiger partial charge in [-0.05, 0) is 66.6 Å². The van der Waals surface area contributed by atoms with Gasteiger partial charge in [0.2, 0.25) is 11.8 Å². The Labute approximate surface area is 202 Å². The summed E-state index contributed by atoms with van der Waals surface area (Å²) in [4.78, 5) is 28.3. The molecule has 1 fully saturated rings. The van der Waals surface area contributed by atoms with Gasteiger partial charge < -0.3 is 19.7 Å². The maximum absolute atomic E-state index is 13.5. The molecule has 1 N–H and O–H groups in total. The van der Waals surface area contributed by atoms with Crippen molar-refractivity contribution in [2.75, 3.05) is 24.4 Å². The number of ether oxygens (including phenoxy) is 2. The monoisotopic (exact) mass is 482 g/mol. The summed E-state index contributed by atoms with van der Waals surface area (Å²) >= 11 is 6.13. The highest BCUT2D eigenvalue weighted by Crippen LogP contribution is 2.41. The van der Waals surface area contributed by atoms with Crippen LogP contribution in [0.3, 0.4) is 0 Å². The Morgan fingerprint density at radius 3 is 2.21 bits per heavy atom. The van der Waals surface area contributed by atoms with Crippen molar-refractivity contribution < 1.29 is 23.5 Å². The van der Waals surface area contributed by atoms with E-state index in [4.69, 9.17) is 21.1 Å². The highest BCUT2D eigenvalue weighted by atomic mass is 35.5. The number of carbonyl (C=O) groups is 2. The summed E-state index contributed by atoms with van der Waals surface area (Å²) in [5.74, 6) is -0.131. The first-order valence-electron chi connectivity index (χ1n) is 10.8. The normalized spacial score (nSPS) is 17.9. The number of hydrogen-bond acceptors (Lipinski definition) is 4. The Hall–Kier alpha value is -3.58. The number of carbonyl (C=O) groups excluding carboxylic acids is 2. The number of benzene rings is 3. The minimum Gasteiger partial charge on any atom is -0.497 e. The van der Waals surface area contributed by atoms with Crippen molar-refractivity contribution in [3.63, 3.8) is 0 Å². The SMILES string of the molecule is COc1ccc(C2C(C(=O)Nc3ccc(F)cc3Cl)CCC(=O)N2c2ccc(OC)cc2)cc1. The van der Waals surface area contributed by atoms with E-state index in [9.17, 15) is 14.0 Å². The largest absolute Gasteiger partial charge is 0.497 e. The zero-order valence-corrected chi connectivity index (χ0v) is 19.5. The first-order valence-corrected chi connectivity index (χ1v) is 11.1. The van der Waals surface area contributed by atoms with Gasteiger partial charge in [0.1, 0.15) is 17.3 Å². The second-order valence-corrected chi connectivity index (χ2v) is 8.35. The topological polar surface area (TPSA) is 67.9 Å². The third-order valence-electron chi connectivity index (χ3n) is 5.93. The van der Waals surface area contributed by atoms with E-state index in [1.54, 1.807) is 55.5 Å². The molecule has 0 bridgehead atoms. The molecule has 8 heteroatoms. The van der Waals surface area contributed by atoms with Crippen LogP contribution in [0.1, 0.15) is 24.4 Å². The molecule has 0 aliphatic carbocycles. The number of halogens is 2. The van der Waals surface area contributed by atoms with E-state index in [-0.39, 0.29) is 23.3 Å². The highest BCUT2D eigenvalue weighted by Gasteiger charge is 2.41. The lowest BCUT2D eigenvalue weighted by molar-refractivity contribution is -0.125. The van der Waals surface area contributed by atoms with Crippen molar-refractivity contribution in [2.45, 2.75) is 18.9 Å². The van der Waals surface area contributed by atoms with Gasteiger partial charge in [-0.2, -0.15) is 0 Å². The van der Waals surface area contributed by atoms with Crippen LogP contribution in [0.2, 0.25) is 5.02 Å².